The Morgan fingerprint density at radius 3 is 2.53 bits per heavy atom. The molecule has 1 aliphatic rings. The van der Waals surface area contributed by atoms with Crippen molar-refractivity contribution in [3.05, 3.63) is 30.3 Å². The molecule has 0 saturated carbocycles. The van der Waals surface area contributed by atoms with Gasteiger partial charge in [-0.05, 0) is 25.0 Å². The molecule has 17 heavy (non-hydrogen) atoms. The molecule has 0 radical (unpaired) electrons. The van der Waals surface area contributed by atoms with Gasteiger partial charge in [-0.15, -0.1) is 0 Å². The first-order valence-corrected chi connectivity index (χ1v) is 6.83. The van der Waals surface area contributed by atoms with Crippen LogP contribution in [-0.2, 0) is 14.8 Å². The van der Waals surface area contributed by atoms with E-state index in [1.807, 2.05) is 0 Å². The first-order chi connectivity index (χ1) is 8.03. The van der Waals surface area contributed by atoms with Crippen molar-refractivity contribution in [3.8, 4) is 0 Å². The van der Waals surface area contributed by atoms with E-state index < -0.39 is 22.0 Å². The van der Waals surface area contributed by atoms with Crippen LogP contribution in [0.2, 0.25) is 0 Å². The number of rotatable bonds is 3. The zero-order valence-electron chi connectivity index (χ0n) is 9.24. The van der Waals surface area contributed by atoms with Gasteiger partial charge in [-0.1, -0.05) is 18.2 Å². The number of primary amides is 1. The van der Waals surface area contributed by atoms with Gasteiger partial charge in [0.25, 0.3) is 0 Å². The molecule has 6 heteroatoms. The normalized spacial score (nSPS) is 21.5. The van der Waals surface area contributed by atoms with Crippen molar-refractivity contribution < 1.29 is 13.2 Å². The van der Waals surface area contributed by atoms with E-state index >= 15 is 0 Å². The van der Waals surface area contributed by atoms with Crippen molar-refractivity contribution in [2.45, 2.75) is 23.8 Å². The minimum absolute atomic E-state index is 0.202. The average molecular weight is 254 g/mol. The lowest BCUT2D eigenvalue weighted by Gasteiger charge is -2.21. The van der Waals surface area contributed by atoms with Crippen molar-refractivity contribution in [1.82, 2.24) is 4.31 Å². The third kappa shape index (κ3) is 2.18. The Morgan fingerprint density at radius 1 is 1.29 bits per heavy atom. The number of carbonyl (C=O) groups excluding carboxylic acids is 1. The highest BCUT2D eigenvalue weighted by Gasteiger charge is 2.38. The molecule has 1 aliphatic heterocycles. The molecular weight excluding hydrogens is 240 g/mol. The van der Waals surface area contributed by atoms with Gasteiger partial charge in [-0.2, -0.15) is 4.31 Å². The topological polar surface area (TPSA) is 80.5 Å². The molecule has 0 spiro atoms. The van der Waals surface area contributed by atoms with Crippen LogP contribution in [0.25, 0.3) is 0 Å². The fraction of sp³-hybridized carbons (Fsp3) is 0.364. The largest absolute Gasteiger partial charge is 0.368 e. The van der Waals surface area contributed by atoms with Crippen LogP contribution in [0.5, 0.6) is 0 Å². The monoisotopic (exact) mass is 254 g/mol. The van der Waals surface area contributed by atoms with Crippen molar-refractivity contribution in [1.29, 1.82) is 0 Å². The van der Waals surface area contributed by atoms with E-state index in [1.165, 1.54) is 16.4 Å². The van der Waals surface area contributed by atoms with Gasteiger partial charge in [0, 0.05) is 6.54 Å². The third-order valence-electron chi connectivity index (χ3n) is 2.88. The second-order valence-corrected chi connectivity index (χ2v) is 5.88. The van der Waals surface area contributed by atoms with Gasteiger partial charge in [0.1, 0.15) is 6.04 Å². The highest BCUT2D eigenvalue weighted by atomic mass is 32.2. The number of amides is 1. The number of nitrogens with zero attached hydrogens (tertiary/aromatic N) is 1. The van der Waals surface area contributed by atoms with Gasteiger partial charge in [-0.25, -0.2) is 8.42 Å². The predicted molar refractivity (Wildman–Crippen MR) is 62.6 cm³/mol. The van der Waals surface area contributed by atoms with Crippen LogP contribution in [0.3, 0.4) is 0 Å². The summed E-state index contributed by atoms with van der Waals surface area (Å²) in [5.41, 5.74) is 5.22. The second-order valence-electron chi connectivity index (χ2n) is 3.99. The van der Waals surface area contributed by atoms with Gasteiger partial charge >= 0.3 is 0 Å². The fourth-order valence-electron chi connectivity index (χ4n) is 2.04. The van der Waals surface area contributed by atoms with Gasteiger partial charge in [0.15, 0.2) is 0 Å². The van der Waals surface area contributed by atoms with Gasteiger partial charge in [0.05, 0.1) is 4.90 Å². The van der Waals surface area contributed by atoms with Crippen LogP contribution in [-0.4, -0.2) is 31.2 Å². The van der Waals surface area contributed by atoms with E-state index in [9.17, 15) is 13.2 Å². The molecule has 0 aromatic heterocycles. The van der Waals surface area contributed by atoms with Crippen molar-refractivity contribution in [3.63, 3.8) is 0 Å². The maximum absolute atomic E-state index is 12.3. The van der Waals surface area contributed by atoms with Crippen LogP contribution in [0.15, 0.2) is 35.2 Å². The summed E-state index contributed by atoms with van der Waals surface area (Å²) in [5, 5.41) is 0. The number of benzene rings is 1. The van der Waals surface area contributed by atoms with E-state index in [4.69, 9.17) is 5.73 Å². The van der Waals surface area contributed by atoms with Crippen molar-refractivity contribution in [2.75, 3.05) is 6.54 Å². The number of hydrogen-bond acceptors (Lipinski definition) is 3. The summed E-state index contributed by atoms with van der Waals surface area (Å²) in [4.78, 5) is 11.4. The Labute approximate surface area is 100 Å². The molecule has 1 heterocycles. The Hall–Kier alpha value is -1.40. The summed E-state index contributed by atoms with van der Waals surface area (Å²) < 4.78 is 25.7. The molecule has 1 atom stereocenters. The molecule has 92 valence electrons. The highest BCUT2D eigenvalue weighted by Crippen LogP contribution is 2.25. The summed E-state index contributed by atoms with van der Waals surface area (Å²) in [6.45, 7) is 0.352. The summed E-state index contributed by atoms with van der Waals surface area (Å²) >= 11 is 0. The minimum Gasteiger partial charge on any atom is -0.368 e. The van der Waals surface area contributed by atoms with Crippen LogP contribution in [0.4, 0.5) is 0 Å². The zero-order chi connectivity index (χ0) is 12.5. The molecule has 2 N–H and O–H groups in total. The Balaban J connectivity index is 2.37. The molecule has 1 amide bonds. The molecule has 0 bridgehead atoms. The quantitative estimate of drug-likeness (QED) is 0.843. The molecular formula is C11H14N2O3S. The summed E-state index contributed by atoms with van der Waals surface area (Å²) in [6, 6.07) is 7.39. The predicted octanol–water partition coefficient (Wildman–Crippen LogP) is 0.325. The first-order valence-electron chi connectivity index (χ1n) is 5.39. The zero-order valence-corrected chi connectivity index (χ0v) is 10.1. The Kier molecular flexibility index (Phi) is 3.17. The number of carbonyl (C=O) groups is 1. The molecule has 0 aliphatic carbocycles. The lowest BCUT2D eigenvalue weighted by Crippen LogP contribution is -2.43. The maximum Gasteiger partial charge on any atom is 0.243 e. The van der Waals surface area contributed by atoms with E-state index in [0.717, 1.165) is 0 Å². The van der Waals surface area contributed by atoms with Crippen molar-refractivity contribution >= 4 is 15.9 Å². The maximum atomic E-state index is 12.3. The number of hydrogen-bond donors (Lipinski definition) is 1. The SMILES string of the molecule is NC(=O)[C@H]1CCCN1S(=O)(=O)c1ccccc1. The van der Waals surface area contributed by atoms with Crippen LogP contribution in [0.1, 0.15) is 12.8 Å². The number of sulfonamides is 1. The first kappa shape index (κ1) is 12.1. The van der Waals surface area contributed by atoms with E-state index in [1.54, 1.807) is 18.2 Å². The second kappa shape index (κ2) is 4.46. The van der Waals surface area contributed by atoms with Crippen LogP contribution in [0, 0.1) is 0 Å². The Morgan fingerprint density at radius 2 is 1.94 bits per heavy atom. The molecule has 1 fully saturated rings. The summed E-state index contributed by atoms with van der Waals surface area (Å²) in [5.74, 6) is -0.581. The van der Waals surface area contributed by atoms with E-state index in [-0.39, 0.29) is 4.90 Å². The molecule has 5 nitrogen and oxygen atoms in total. The van der Waals surface area contributed by atoms with Gasteiger partial charge in [-0.3, -0.25) is 4.79 Å². The van der Waals surface area contributed by atoms with Crippen LogP contribution >= 0.6 is 0 Å². The van der Waals surface area contributed by atoms with Gasteiger partial charge < -0.3 is 5.73 Å². The lowest BCUT2D eigenvalue weighted by molar-refractivity contribution is -0.121. The smallest absolute Gasteiger partial charge is 0.243 e. The highest BCUT2D eigenvalue weighted by molar-refractivity contribution is 7.89. The van der Waals surface area contributed by atoms with Gasteiger partial charge in [0.2, 0.25) is 15.9 Å². The Bertz CT molecular complexity index is 513. The fourth-order valence-corrected chi connectivity index (χ4v) is 3.73. The molecule has 2 rings (SSSR count). The molecule has 0 unspecified atom stereocenters. The number of nitrogens with two attached hydrogens (primary N) is 1. The molecule has 1 aromatic rings. The minimum atomic E-state index is -3.60. The van der Waals surface area contributed by atoms with E-state index in [2.05, 4.69) is 0 Å². The lowest BCUT2D eigenvalue weighted by atomic mass is 10.2. The molecule has 1 saturated heterocycles. The summed E-state index contributed by atoms with van der Waals surface area (Å²) in [6.07, 6.45) is 1.17. The van der Waals surface area contributed by atoms with Crippen LogP contribution < -0.4 is 5.73 Å². The van der Waals surface area contributed by atoms with E-state index in [0.29, 0.717) is 19.4 Å². The summed E-state index contributed by atoms with van der Waals surface area (Å²) in [7, 11) is -3.60. The third-order valence-corrected chi connectivity index (χ3v) is 4.80. The molecule has 1 aromatic carbocycles. The van der Waals surface area contributed by atoms with Crippen molar-refractivity contribution in [2.24, 2.45) is 5.73 Å². The standard InChI is InChI=1S/C11H14N2O3S/c12-11(14)10-7-4-8-13(10)17(15,16)9-5-2-1-3-6-9/h1-3,5-6,10H,4,7-8H2,(H2,12,14)/t10-/m1/s1. The average Bonchev–Trinajstić information content (AvgIpc) is 2.80.